The van der Waals surface area contributed by atoms with Crippen molar-refractivity contribution >= 4 is 90.0 Å². The number of piperidine rings is 1. The number of aliphatic hydroxyl groups is 1. The highest BCUT2D eigenvalue weighted by atomic mass is 19.1. The Hall–Kier alpha value is -15.3. The second-order valence-electron chi connectivity index (χ2n) is 30.7. The lowest BCUT2D eigenvalue weighted by Crippen LogP contribution is -2.36. The topological polar surface area (TPSA) is 331 Å². The second-order valence-corrected chi connectivity index (χ2v) is 30.7. The van der Waals surface area contributed by atoms with Crippen molar-refractivity contribution < 1.29 is 51.3 Å². The van der Waals surface area contributed by atoms with Gasteiger partial charge in [-0.15, -0.1) is 0 Å². The summed E-state index contributed by atoms with van der Waals surface area (Å²) in [6, 6.07) is 64.6. The maximum Gasteiger partial charge on any atom is 0.276 e. The third-order valence-corrected chi connectivity index (χ3v) is 21.8. The molecule has 0 spiro atoms. The first kappa shape index (κ1) is 83.9. The summed E-state index contributed by atoms with van der Waals surface area (Å²) in [6.07, 6.45) is 17.1. The quantitative estimate of drug-likeness (QED) is 0.0320. The number of carbonyl (C=O) groups excluding carboxylic acids is 4. The molecule has 26 nitrogen and oxygen atoms in total. The number of amides is 4. The summed E-state index contributed by atoms with van der Waals surface area (Å²) >= 11 is 0. The van der Waals surface area contributed by atoms with Gasteiger partial charge in [0.25, 0.3) is 23.6 Å². The van der Waals surface area contributed by atoms with Crippen LogP contribution in [0.25, 0.3) is 88.1 Å². The smallest absolute Gasteiger partial charge is 0.276 e. The minimum Gasteiger partial charge on any atom is -0.456 e. The molecule has 4 amide bonds. The summed E-state index contributed by atoms with van der Waals surface area (Å²) < 4.78 is 67.0. The van der Waals surface area contributed by atoms with Gasteiger partial charge < -0.3 is 35.8 Å². The van der Waals surface area contributed by atoms with Crippen LogP contribution in [0.15, 0.2) is 274 Å². The maximum absolute atomic E-state index is 14.0. The molecule has 0 unspecified atom stereocenters. The molecule has 8 aromatic heterocycles. The van der Waals surface area contributed by atoms with Gasteiger partial charge in [-0.1, -0.05) is 91.0 Å². The van der Waals surface area contributed by atoms with Crippen LogP contribution in [0.5, 0.6) is 11.5 Å². The summed E-state index contributed by atoms with van der Waals surface area (Å²) in [5, 5.41) is 50.7. The molecular weight excluding hydrogens is 1620 g/mol. The van der Waals surface area contributed by atoms with E-state index in [0.717, 1.165) is 157 Å². The summed E-state index contributed by atoms with van der Waals surface area (Å²) in [4.78, 5) is 75.6. The minimum absolute atomic E-state index is 0.0970. The van der Waals surface area contributed by atoms with Crippen LogP contribution in [0.3, 0.4) is 0 Å². The van der Waals surface area contributed by atoms with Crippen molar-refractivity contribution in [2.45, 2.75) is 45.0 Å². The molecule has 3 aliphatic rings. The molecule has 3 aliphatic heterocycles. The number of halogens is 4. The van der Waals surface area contributed by atoms with Gasteiger partial charge in [-0.2, -0.15) is 20.4 Å². The first-order valence-electron chi connectivity index (χ1n) is 41.2. The number of likely N-dealkylation sites (tertiary alicyclic amines) is 2. The molecule has 30 heteroatoms. The predicted molar refractivity (Wildman–Crippen MR) is 478 cm³/mol. The zero-order valence-electron chi connectivity index (χ0n) is 68.3. The second kappa shape index (κ2) is 39.0. The number of hydrogen-bond donors (Lipinski definition) is 9. The first-order chi connectivity index (χ1) is 62.1. The molecule has 0 radical (unpaired) electrons. The molecule has 9 aromatic carbocycles. The Balaban J connectivity index is 0.000000119. The van der Waals surface area contributed by atoms with E-state index in [9.17, 15) is 41.8 Å². The summed E-state index contributed by atoms with van der Waals surface area (Å²) in [7, 11) is 0. The highest BCUT2D eigenvalue weighted by Gasteiger charge is 2.25. The number of morpholine rings is 1. The van der Waals surface area contributed by atoms with E-state index in [4.69, 9.17) is 9.47 Å². The van der Waals surface area contributed by atoms with Crippen LogP contribution in [0, 0.1) is 23.3 Å². The Morgan fingerprint density at radius 2 is 0.654 bits per heavy atom. The zero-order chi connectivity index (χ0) is 87.1. The fourth-order valence-electron chi connectivity index (χ4n) is 15.0. The number of ether oxygens (including phenoxy) is 2. The number of anilines is 4. The normalized spacial score (nSPS) is 13.6. The van der Waals surface area contributed by atoms with Crippen molar-refractivity contribution in [2.24, 2.45) is 0 Å². The van der Waals surface area contributed by atoms with Gasteiger partial charge in [-0.3, -0.25) is 74.2 Å². The number of nitrogens with zero attached hydrogens (tertiary/aromatic N) is 11. The number of benzene rings is 9. The number of aromatic nitrogens is 12. The van der Waals surface area contributed by atoms with E-state index in [1.54, 1.807) is 67.1 Å². The standard InChI is InChI=1S/C25H24FN5O2.C25H17FN4O2.C24H22FN5O2.C23H20FN5O/c26-21-3-1-2-4-23(21)28-25(33)24-20-12-17(5-6-22(20)29-30-24)18-11-16(13-27-14-18)15-31-9-7-19(32)8-10-31;26-21-8-4-5-9-23(21)28-25(31)24-20-13-16(10-11-22(20)29-30-24)17-12-19(15-27-14-17)32-18-6-2-1-3-7-18;25-20-3-1-2-4-22(20)27-24(31)23-19-12-17(5-6-21(19)28-29-23)18-11-16(13-26-14-18)15-30-7-9-32-10-8-30;24-19-4-1-2-5-21(19)26-23(30)22-18-11-16(6-7-20(18)27-28-22)17-10-15(12-25-13-17)14-29-8-3-9-29/h1-6,11-14,19,32H,7-10,15H2,(H,28,33)(H,29,30);1-15H,(H,28,31)(H,29,30);1-6,11-14H,7-10,15H2,(H,27,31)(H,28,29);1-2,4-7,10-13H,3,8-9,14H2,(H,26,30)(H,27,28). The summed E-state index contributed by atoms with van der Waals surface area (Å²) in [5.74, 6) is -2.62. The highest BCUT2D eigenvalue weighted by molar-refractivity contribution is 6.15. The van der Waals surface area contributed by atoms with E-state index >= 15 is 0 Å². The lowest BCUT2D eigenvalue weighted by molar-refractivity contribution is 0.0341. The third-order valence-electron chi connectivity index (χ3n) is 21.8. The Labute approximate surface area is 724 Å². The molecule has 11 heterocycles. The van der Waals surface area contributed by atoms with Crippen molar-refractivity contribution in [1.29, 1.82) is 0 Å². The Kier molecular flexibility index (Phi) is 25.8. The van der Waals surface area contributed by atoms with Crippen molar-refractivity contribution in [1.82, 2.24) is 75.4 Å². The van der Waals surface area contributed by atoms with Crippen molar-refractivity contribution in [2.75, 3.05) is 73.7 Å². The molecular formula is C97H83F4N19O7. The van der Waals surface area contributed by atoms with Gasteiger partial charge in [0.05, 0.1) is 70.3 Å². The number of rotatable bonds is 20. The molecule has 636 valence electrons. The fraction of sp³-hybridized carbons (Fsp3) is 0.155. The van der Waals surface area contributed by atoms with E-state index in [-0.39, 0.29) is 51.6 Å². The van der Waals surface area contributed by atoms with Gasteiger partial charge in [-0.25, -0.2) is 17.6 Å². The third kappa shape index (κ3) is 20.5. The zero-order valence-corrected chi connectivity index (χ0v) is 68.3. The molecule has 127 heavy (non-hydrogen) atoms. The van der Waals surface area contributed by atoms with Gasteiger partial charge in [0.2, 0.25) is 0 Å². The predicted octanol–water partition coefficient (Wildman–Crippen LogP) is 17.9. The lowest BCUT2D eigenvalue weighted by atomic mass is 10.0. The molecule has 9 N–H and O–H groups in total. The van der Waals surface area contributed by atoms with Gasteiger partial charge in [0.1, 0.15) is 34.8 Å². The monoisotopic (exact) mass is 1700 g/mol. The molecule has 20 rings (SSSR count). The molecule has 0 saturated carbocycles. The van der Waals surface area contributed by atoms with Crippen LogP contribution in [0.4, 0.5) is 40.3 Å². The van der Waals surface area contributed by atoms with Crippen molar-refractivity contribution in [3.8, 4) is 56.0 Å². The Morgan fingerprint density at radius 3 is 0.984 bits per heavy atom. The van der Waals surface area contributed by atoms with Gasteiger partial charge in [0, 0.05) is 133 Å². The number of aliphatic hydroxyl groups excluding tert-OH is 1. The molecule has 17 aromatic rings. The maximum atomic E-state index is 14.0. The SMILES string of the molecule is O=C(Nc1ccccc1F)c1n[nH]c2ccc(-c3cncc(CN4CCC(O)CC4)c3)cc12.O=C(Nc1ccccc1F)c1n[nH]c2ccc(-c3cncc(CN4CCC4)c3)cc12.O=C(Nc1ccccc1F)c1n[nH]c2ccc(-c3cncc(CN4CCOCC4)c3)cc12.O=C(Nc1ccccc1F)c1n[nH]c2ccc(-c3cncc(Oc4ccccc4)c3)cc12. The molecule has 3 saturated heterocycles. The number of pyridine rings is 4. The first-order valence-corrected chi connectivity index (χ1v) is 41.2. The van der Waals surface area contributed by atoms with Crippen LogP contribution in [0.2, 0.25) is 0 Å². The van der Waals surface area contributed by atoms with E-state index < -0.39 is 46.9 Å². The number of H-pyrrole nitrogens is 4. The number of carbonyl (C=O) groups is 4. The van der Waals surface area contributed by atoms with Crippen LogP contribution in [-0.2, 0) is 24.4 Å². The number of hydrogen-bond acceptors (Lipinski definition) is 18. The summed E-state index contributed by atoms with van der Waals surface area (Å²) in [6.45, 7) is 9.80. The molecule has 0 atom stereocenters. The van der Waals surface area contributed by atoms with E-state index in [1.807, 2.05) is 140 Å². The highest BCUT2D eigenvalue weighted by Crippen LogP contribution is 2.35. The molecule has 0 bridgehead atoms. The van der Waals surface area contributed by atoms with Gasteiger partial charge >= 0.3 is 0 Å². The number of aromatic amines is 4. The largest absolute Gasteiger partial charge is 0.456 e. The van der Waals surface area contributed by atoms with Crippen LogP contribution in [0.1, 0.15) is 77.9 Å². The van der Waals surface area contributed by atoms with Gasteiger partial charge in [0.15, 0.2) is 22.8 Å². The Morgan fingerprint density at radius 1 is 0.346 bits per heavy atom. The number of nitrogens with one attached hydrogen (secondary N) is 8. The lowest BCUT2D eigenvalue weighted by Gasteiger charge is -2.30. The van der Waals surface area contributed by atoms with Crippen LogP contribution >= 0.6 is 0 Å². The van der Waals surface area contributed by atoms with E-state index in [1.165, 1.54) is 55.0 Å². The molecule has 0 aliphatic carbocycles. The van der Waals surface area contributed by atoms with E-state index in [0.29, 0.717) is 44.1 Å². The number of para-hydroxylation sites is 5. The fourth-order valence-corrected chi connectivity index (χ4v) is 15.0. The van der Waals surface area contributed by atoms with Crippen LogP contribution in [-0.4, -0.2) is 163 Å². The van der Waals surface area contributed by atoms with Crippen molar-refractivity contribution in [3.63, 3.8) is 0 Å². The van der Waals surface area contributed by atoms with Crippen LogP contribution < -0.4 is 26.0 Å². The average Bonchev–Trinajstić information content (AvgIpc) is 1.67. The number of fused-ring (bicyclic) bond motifs is 4. The minimum atomic E-state index is -0.511. The van der Waals surface area contributed by atoms with Gasteiger partial charge in [-0.05, 0) is 205 Å². The van der Waals surface area contributed by atoms with Crippen molar-refractivity contribution in [3.05, 3.63) is 337 Å². The van der Waals surface area contributed by atoms with E-state index in [2.05, 4.69) is 115 Å². The Bertz CT molecular complexity index is 6830. The molecule has 3 fully saturated rings. The average molecular weight is 1700 g/mol. The summed E-state index contributed by atoms with van der Waals surface area (Å²) in [5.41, 5.74) is 14.8.